The molecule has 0 radical (unpaired) electrons. The zero-order valence-electron chi connectivity index (χ0n) is 13.0. The number of nitrogens with two attached hydrogens (primary N) is 1. The quantitative estimate of drug-likeness (QED) is 0.765. The van der Waals surface area contributed by atoms with Gasteiger partial charge in [0.15, 0.2) is 0 Å². The normalized spacial score (nSPS) is 19.8. The first-order valence-electron chi connectivity index (χ1n) is 7.70. The van der Waals surface area contributed by atoms with Crippen LogP contribution in [0.2, 0.25) is 0 Å². The maximum atomic E-state index is 12.1. The van der Waals surface area contributed by atoms with Crippen molar-refractivity contribution in [1.29, 1.82) is 0 Å². The SMILES string of the molecule is NC(=O)C(c1ccc(Br)cc1)N1CCOC(c2cccc(Br)c2)C1. The third-order valence-electron chi connectivity index (χ3n) is 4.14. The number of carbonyl (C=O) groups excluding carboxylic acids is 1. The van der Waals surface area contributed by atoms with Crippen molar-refractivity contribution in [2.45, 2.75) is 12.1 Å². The molecule has 6 heteroatoms. The Morgan fingerprint density at radius 2 is 1.92 bits per heavy atom. The topological polar surface area (TPSA) is 55.6 Å². The molecule has 4 nitrogen and oxygen atoms in total. The van der Waals surface area contributed by atoms with E-state index in [1.165, 1.54) is 0 Å². The monoisotopic (exact) mass is 452 g/mol. The van der Waals surface area contributed by atoms with Crippen molar-refractivity contribution in [3.63, 3.8) is 0 Å². The first-order chi connectivity index (χ1) is 11.5. The van der Waals surface area contributed by atoms with E-state index < -0.39 is 6.04 Å². The van der Waals surface area contributed by atoms with Gasteiger partial charge in [0, 0.05) is 22.0 Å². The Balaban J connectivity index is 1.83. The van der Waals surface area contributed by atoms with Crippen LogP contribution in [0, 0.1) is 0 Å². The van der Waals surface area contributed by atoms with Crippen LogP contribution in [0.5, 0.6) is 0 Å². The molecule has 0 spiro atoms. The predicted octanol–water partition coefficient (Wildman–Crippen LogP) is 3.81. The molecular formula is C18H18Br2N2O2. The highest BCUT2D eigenvalue weighted by molar-refractivity contribution is 9.10. The number of halogens is 2. The summed E-state index contributed by atoms with van der Waals surface area (Å²) >= 11 is 6.91. The van der Waals surface area contributed by atoms with Crippen molar-refractivity contribution in [3.05, 3.63) is 68.6 Å². The standard InChI is InChI=1S/C18H18Br2N2O2/c19-14-6-4-12(5-7-14)17(18(21)23)22-8-9-24-16(11-22)13-2-1-3-15(20)10-13/h1-7,10,16-17H,8-9,11H2,(H2,21,23). The Bertz CT molecular complexity index is 721. The van der Waals surface area contributed by atoms with E-state index in [9.17, 15) is 4.79 Å². The Morgan fingerprint density at radius 1 is 1.17 bits per heavy atom. The Hall–Kier alpha value is -1.21. The number of hydrogen-bond donors (Lipinski definition) is 1. The number of ether oxygens (including phenoxy) is 1. The van der Waals surface area contributed by atoms with Gasteiger partial charge < -0.3 is 10.5 Å². The molecule has 2 unspecified atom stereocenters. The minimum atomic E-state index is -0.448. The largest absolute Gasteiger partial charge is 0.371 e. The van der Waals surface area contributed by atoms with Crippen LogP contribution in [0.3, 0.4) is 0 Å². The van der Waals surface area contributed by atoms with Crippen LogP contribution >= 0.6 is 31.9 Å². The van der Waals surface area contributed by atoms with E-state index in [1.807, 2.05) is 48.5 Å². The van der Waals surface area contributed by atoms with Gasteiger partial charge in [0.1, 0.15) is 6.04 Å². The number of morpholine rings is 1. The number of rotatable bonds is 4. The molecule has 0 aliphatic carbocycles. The van der Waals surface area contributed by atoms with Crippen LogP contribution < -0.4 is 5.73 Å². The maximum absolute atomic E-state index is 12.1. The fourth-order valence-corrected chi connectivity index (χ4v) is 3.69. The van der Waals surface area contributed by atoms with Gasteiger partial charge in [0.25, 0.3) is 0 Å². The molecule has 0 aromatic heterocycles. The average Bonchev–Trinajstić information content (AvgIpc) is 2.57. The Kier molecular flexibility index (Phi) is 5.71. The van der Waals surface area contributed by atoms with Gasteiger partial charge in [0.05, 0.1) is 12.7 Å². The lowest BCUT2D eigenvalue weighted by atomic mass is 10.0. The van der Waals surface area contributed by atoms with E-state index >= 15 is 0 Å². The molecule has 2 N–H and O–H groups in total. The highest BCUT2D eigenvalue weighted by Gasteiger charge is 2.31. The van der Waals surface area contributed by atoms with E-state index in [2.05, 4.69) is 36.8 Å². The molecule has 1 saturated heterocycles. The van der Waals surface area contributed by atoms with Crippen LogP contribution in [0.1, 0.15) is 23.3 Å². The number of primary amides is 1. The minimum Gasteiger partial charge on any atom is -0.371 e. The van der Waals surface area contributed by atoms with E-state index in [-0.39, 0.29) is 12.0 Å². The number of benzene rings is 2. The fraction of sp³-hybridized carbons (Fsp3) is 0.278. The molecule has 1 amide bonds. The fourth-order valence-electron chi connectivity index (χ4n) is 3.01. The van der Waals surface area contributed by atoms with Crippen molar-refractivity contribution in [1.82, 2.24) is 4.90 Å². The molecule has 1 aliphatic heterocycles. The molecule has 1 aliphatic rings. The van der Waals surface area contributed by atoms with Crippen LogP contribution in [-0.2, 0) is 9.53 Å². The summed E-state index contributed by atoms with van der Waals surface area (Å²) in [5.74, 6) is -0.341. The number of nitrogens with zero attached hydrogens (tertiary/aromatic N) is 1. The van der Waals surface area contributed by atoms with Gasteiger partial charge in [-0.25, -0.2) is 0 Å². The molecule has 3 rings (SSSR count). The summed E-state index contributed by atoms with van der Waals surface area (Å²) in [7, 11) is 0. The summed E-state index contributed by atoms with van der Waals surface area (Å²) in [6.45, 7) is 1.87. The van der Waals surface area contributed by atoms with Crippen LogP contribution in [0.25, 0.3) is 0 Å². The lowest BCUT2D eigenvalue weighted by molar-refractivity contribution is -0.127. The molecule has 1 heterocycles. The van der Waals surface area contributed by atoms with Crippen molar-refractivity contribution < 1.29 is 9.53 Å². The van der Waals surface area contributed by atoms with Gasteiger partial charge >= 0.3 is 0 Å². The second-order valence-corrected chi connectivity index (χ2v) is 7.60. The van der Waals surface area contributed by atoms with Gasteiger partial charge in [0.2, 0.25) is 5.91 Å². The van der Waals surface area contributed by atoms with Crippen LogP contribution in [0.15, 0.2) is 57.5 Å². The van der Waals surface area contributed by atoms with Gasteiger partial charge in [-0.1, -0.05) is 56.1 Å². The van der Waals surface area contributed by atoms with Gasteiger partial charge in [-0.2, -0.15) is 0 Å². The molecule has 2 aromatic rings. The first kappa shape index (κ1) is 17.6. The highest BCUT2D eigenvalue weighted by atomic mass is 79.9. The lowest BCUT2D eigenvalue weighted by Gasteiger charge is -2.37. The second kappa shape index (κ2) is 7.78. The average molecular weight is 454 g/mol. The van der Waals surface area contributed by atoms with E-state index in [1.54, 1.807) is 0 Å². The van der Waals surface area contributed by atoms with Crippen molar-refractivity contribution in [2.75, 3.05) is 19.7 Å². The zero-order chi connectivity index (χ0) is 17.1. The smallest absolute Gasteiger partial charge is 0.239 e. The molecule has 24 heavy (non-hydrogen) atoms. The van der Waals surface area contributed by atoms with Gasteiger partial charge in [-0.05, 0) is 35.4 Å². The third kappa shape index (κ3) is 4.06. The number of amides is 1. The van der Waals surface area contributed by atoms with Crippen molar-refractivity contribution in [2.24, 2.45) is 5.73 Å². The summed E-state index contributed by atoms with van der Waals surface area (Å²) in [5.41, 5.74) is 7.70. The molecule has 0 saturated carbocycles. The van der Waals surface area contributed by atoms with Crippen molar-refractivity contribution in [3.8, 4) is 0 Å². The number of carbonyl (C=O) groups is 1. The molecule has 126 valence electrons. The van der Waals surface area contributed by atoms with Crippen molar-refractivity contribution >= 4 is 37.8 Å². The van der Waals surface area contributed by atoms with E-state index in [0.29, 0.717) is 19.7 Å². The summed E-state index contributed by atoms with van der Waals surface area (Å²) in [6, 6.07) is 15.3. The molecule has 0 bridgehead atoms. The number of hydrogen-bond acceptors (Lipinski definition) is 3. The molecular weight excluding hydrogens is 436 g/mol. The third-order valence-corrected chi connectivity index (χ3v) is 5.16. The molecule has 1 fully saturated rings. The van der Waals surface area contributed by atoms with Crippen LogP contribution in [-0.4, -0.2) is 30.5 Å². The minimum absolute atomic E-state index is 0.0754. The maximum Gasteiger partial charge on any atom is 0.239 e. The Morgan fingerprint density at radius 3 is 2.58 bits per heavy atom. The van der Waals surface area contributed by atoms with Gasteiger partial charge in [-0.15, -0.1) is 0 Å². The van der Waals surface area contributed by atoms with E-state index in [0.717, 1.165) is 20.1 Å². The first-order valence-corrected chi connectivity index (χ1v) is 9.29. The summed E-state index contributed by atoms with van der Waals surface area (Å²) < 4.78 is 7.90. The summed E-state index contributed by atoms with van der Waals surface area (Å²) in [4.78, 5) is 14.2. The zero-order valence-corrected chi connectivity index (χ0v) is 16.2. The summed E-state index contributed by atoms with van der Waals surface area (Å²) in [6.07, 6.45) is -0.0754. The lowest BCUT2D eigenvalue weighted by Crippen LogP contribution is -2.45. The predicted molar refractivity (Wildman–Crippen MR) is 100 cm³/mol. The molecule has 2 aromatic carbocycles. The highest BCUT2D eigenvalue weighted by Crippen LogP contribution is 2.30. The Labute approximate surface area is 158 Å². The van der Waals surface area contributed by atoms with E-state index in [4.69, 9.17) is 10.5 Å². The van der Waals surface area contributed by atoms with Gasteiger partial charge in [-0.3, -0.25) is 9.69 Å². The molecule has 2 atom stereocenters. The van der Waals surface area contributed by atoms with Crippen LogP contribution in [0.4, 0.5) is 0 Å². The second-order valence-electron chi connectivity index (χ2n) is 5.77. The summed E-state index contributed by atoms with van der Waals surface area (Å²) in [5, 5.41) is 0.